The monoisotopic (exact) mass is 301 g/mol. The average molecular weight is 301 g/mol. The van der Waals surface area contributed by atoms with E-state index >= 15 is 0 Å². The van der Waals surface area contributed by atoms with E-state index in [4.69, 9.17) is 19.9 Å². The summed E-state index contributed by atoms with van der Waals surface area (Å²) in [6.07, 6.45) is 0. The second-order valence-electron chi connectivity index (χ2n) is 4.78. The first kappa shape index (κ1) is 15.7. The number of primary amides is 1. The van der Waals surface area contributed by atoms with E-state index in [9.17, 15) is 4.79 Å². The minimum atomic E-state index is -0.514. The quantitative estimate of drug-likeness (QED) is 0.890. The lowest BCUT2D eigenvalue weighted by atomic mass is 10.1. The fraction of sp³-hybridized carbons (Fsp3) is 0.235. The minimum absolute atomic E-state index is 0.302. The lowest BCUT2D eigenvalue weighted by Crippen LogP contribution is -2.13. The van der Waals surface area contributed by atoms with Crippen molar-refractivity contribution in [2.45, 2.75) is 13.5 Å². The Balaban J connectivity index is 2.24. The number of hydrogen-bond acceptors (Lipinski definition) is 4. The predicted octanol–water partition coefficient (Wildman–Crippen LogP) is 2.69. The van der Waals surface area contributed by atoms with Crippen molar-refractivity contribution in [3.63, 3.8) is 0 Å². The molecular weight excluding hydrogens is 282 g/mol. The molecule has 0 heterocycles. The number of carbonyl (C=O) groups excluding carboxylic acids is 1. The van der Waals surface area contributed by atoms with Gasteiger partial charge in [0.15, 0.2) is 11.5 Å². The molecule has 0 atom stereocenters. The maximum atomic E-state index is 11.4. The molecule has 0 aromatic heterocycles. The Labute approximate surface area is 129 Å². The zero-order chi connectivity index (χ0) is 16.1. The van der Waals surface area contributed by atoms with Gasteiger partial charge >= 0.3 is 0 Å². The van der Waals surface area contributed by atoms with E-state index in [0.717, 1.165) is 11.1 Å². The largest absolute Gasteiger partial charge is 0.493 e. The molecule has 0 aliphatic rings. The van der Waals surface area contributed by atoms with Gasteiger partial charge < -0.3 is 19.9 Å². The van der Waals surface area contributed by atoms with Crippen molar-refractivity contribution in [1.29, 1.82) is 0 Å². The van der Waals surface area contributed by atoms with Crippen LogP contribution in [0.2, 0.25) is 0 Å². The van der Waals surface area contributed by atoms with Crippen molar-refractivity contribution >= 4 is 5.91 Å². The van der Waals surface area contributed by atoms with Crippen LogP contribution in [0.25, 0.3) is 0 Å². The molecule has 5 nitrogen and oxygen atoms in total. The van der Waals surface area contributed by atoms with Crippen molar-refractivity contribution in [3.8, 4) is 17.2 Å². The third kappa shape index (κ3) is 3.31. The standard InChI is InChI=1S/C17H19NO4/c1-11-8-15(20-2)16(21-3)9-12(11)10-22-14-7-5-4-6-13(14)17(18)19/h4-9H,10H2,1-3H3,(H2,18,19). The topological polar surface area (TPSA) is 70.8 Å². The fourth-order valence-electron chi connectivity index (χ4n) is 2.13. The normalized spacial score (nSPS) is 10.1. The van der Waals surface area contributed by atoms with E-state index in [1.165, 1.54) is 0 Å². The molecule has 116 valence electrons. The number of amides is 1. The Morgan fingerprint density at radius 2 is 1.68 bits per heavy atom. The molecule has 2 N–H and O–H groups in total. The maximum absolute atomic E-state index is 11.4. The Morgan fingerprint density at radius 3 is 2.32 bits per heavy atom. The summed E-state index contributed by atoms with van der Waals surface area (Å²) in [4.78, 5) is 11.4. The molecule has 2 rings (SSSR count). The first-order valence-electron chi connectivity index (χ1n) is 6.80. The SMILES string of the molecule is COc1cc(C)c(COc2ccccc2C(N)=O)cc1OC. The molecule has 0 saturated carbocycles. The van der Waals surface area contributed by atoms with Crippen molar-refractivity contribution < 1.29 is 19.0 Å². The highest BCUT2D eigenvalue weighted by Crippen LogP contribution is 2.31. The van der Waals surface area contributed by atoms with Crippen LogP contribution in [-0.2, 0) is 6.61 Å². The molecule has 2 aromatic rings. The molecule has 0 bridgehead atoms. The Hall–Kier alpha value is -2.69. The summed E-state index contributed by atoms with van der Waals surface area (Å²) in [7, 11) is 3.18. The van der Waals surface area contributed by atoms with Crippen LogP contribution in [0.1, 0.15) is 21.5 Å². The van der Waals surface area contributed by atoms with Crippen LogP contribution in [0.5, 0.6) is 17.2 Å². The molecule has 22 heavy (non-hydrogen) atoms. The summed E-state index contributed by atoms with van der Waals surface area (Å²) in [5, 5.41) is 0. The van der Waals surface area contributed by atoms with Gasteiger partial charge in [0.05, 0.1) is 19.8 Å². The van der Waals surface area contributed by atoms with E-state index < -0.39 is 5.91 Å². The van der Waals surface area contributed by atoms with Gasteiger partial charge in [0.2, 0.25) is 0 Å². The third-order valence-corrected chi connectivity index (χ3v) is 3.38. The van der Waals surface area contributed by atoms with E-state index in [-0.39, 0.29) is 0 Å². The predicted molar refractivity (Wildman–Crippen MR) is 83.6 cm³/mol. The number of methoxy groups -OCH3 is 2. The second kappa shape index (κ2) is 6.85. The molecule has 0 fully saturated rings. The Morgan fingerprint density at radius 1 is 1.05 bits per heavy atom. The van der Waals surface area contributed by atoms with E-state index in [1.807, 2.05) is 19.1 Å². The third-order valence-electron chi connectivity index (χ3n) is 3.38. The fourth-order valence-corrected chi connectivity index (χ4v) is 2.13. The minimum Gasteiger partial charge on any atom is -0.493 e. The summed E-state index contributed by atoms with van der Waals surface area (Å²) in [5.74, 6) is 1.25. The molecule has 2 aromatic carbocycles. The first-order valence-corrected chi connectivity index (χ1v) is 6.80. The van der Waals surface area contributed by atoms with Crippen molar-refractivity contribution in [1.82, 2.24) is 0 Å². The van der Waals surface area contributed by atoms with Crippen LogP contribution in [-0.4, -0.2) is 20.1 Å². The van der Waals surface area contributed by atoms with Crippen molar-refractivity contribution in [3.05, 3.63) is 53.1 Å². The zero-order valence-electron chi connectivity index (χ0n) is 12.9. The van der Waals surface area contributed by atoms with E-state index in [2.05, 4.69) is 0 Å². The van der Waals surface area contributed by atoms with Crippen LogP contribution in [0.3, 0.4) is 0 Å². The molecule has 0 aliphatic carbocycles. The number of ether oxygens (including phenoxy) is 3. The molecule has 5 heteroatoms. The van der Waals surface area contributed by atoms with E-state index in [1.54, 1.807) is 38.5 Å². The highest BCUT2D eigenvalue weighted by Gasteiger charge is 2.11. The van der Waals surface area contributed by atoms with Gasteiger partial charge in [0.25, 0.3) is 5.91 Å². The molecular formula is C17H19NO4. The molecule has 0 saturated heterocycles. The molecule has 0 spiro atoms. The number of para-hydroxylation sites is 1. The van der Waals surface area contributed by atoms with Crippen molar-refractivity contribution in [2.75, 3.05) is 14.2 Å². The highest BCUT2D eigenvalue weighted by atomic mass is 16.5. The summed E-state index contributed by atoms with van der Waals surface area (Å²) in [6, 6.07) is 10.6. The summed E-state index contributed by atoms with van der Waals surface area (Å²) in [6.45, 7) is 2.26. The Bertz CT molecular complexity index is 682. The summed E-state index contributed by atoms with van der Waals surface area (Å²) in [5.41, 5.74) is 7.65. The number of aryl methyl sites for hydroxylation is 1. The van der Waals surface area contributed by atoms with Crippen LogP contribution < -0.4 is 19.9 Å². The lowest BCUT2D eigenvalue weighted by Gasteiger charge is -2.14. The second-order valence-corrected chi connectivity index (χ2v) is 4.78. The number of rotatable bonds is 6. The highest BCUT2D eigenvalue weighted by molar-refractivity contribution is 5.95. The summed E-state index contributed by atoms with van der Waals surface area (Å²) >= 11 is 0. The van der Waals surface area contributed by atoms with Crippen LogP contribution in [0, 0.1) is 6.92 Å². The van der Waals surface area contributed by atoms with Gasteiger partial charge in [-0.05, 0) is 42.3 Å². The van der Waals surface area contributed by atoms with E-state index in [0.29, 0.717) is 29.4 Å². The summed E-state index contributed by atoms with van der Waals surface area (Å²) < 4.78 is 16.3. The van der Waals surface area contributed by atoms with Crippen molar-refractivity contribution in [2.24, 2.45) is 5.73 Å². The molecule has 1 amide bonds. The van der Waals surface area contributed by atoms with Gasteiger partial charge in [0.1, 0.15) is 12.4 Å². The van der Waals surface area contributed by atoms with Crippen LogP contribution in [0.4, 0.5) is 0 Å². The number of nitrogens with two attached hydrogens (primary N) is 1. The van der Waals surface area contributed by atoms with Gasteiger partial charge in [-0.2, -0.15) is 0 Å². The van der Waals surface area contributed by atoms with Crippen LogP contribution in [0.15, 0.2) is 36.4 Å². The van der Waals surface area contributed by atoms with Crippen LogP contribution >= 0.6 is 0 Å². The molecule has 0 unspecified atom stereocenters. The number of hydrogen-bond donors (Lipinski definition) is 1. The van der Waals surface area contributed by atoms with Gasteiger partial charge in [-0.1, -0.05) is 12.1 Å². The van der Waals surface area contributed by atoms with Gasteiger partial charge in [-0.15, -0.1) is 0 Å². The van der Waals surface area contributed by atoms with Gasteiger partial charge in [-0.25, -0.2) is 0 Å². The zero-order valence-corrected chi connectivity index (χ0v) is 12.9. The molecule has 0 aliphatic heterocycles. The molecule has 0 radical (unpaired) electrons. The first-order chi connectivity index (χ1) is 10.6. The smallest absolute Gasteiger partial charge is 0.252 e. The van der Waals surface area contributed by atoms with Gasteiger partial charge in [-0.3, -0.25) is 4.79 Å². The number of carbonyl (C=O) groups is 1. The lowest BCUT2D eigenvalue weighted by molar-refractivity contribution is 0.0996. The number of benzene rings is 2. The average Bonchev–Trinajstić information content (AvgIpc) is 2.53. The van der Waals surface area contributed by atoms with Gasteiger partial charge in [0, 0.05) is 0 Å². The maximum Gasteiger partial charge on any atom is 0.252 e. The Kier molecular flexibility index (Phi) is 4.88.